The van der Waals surface area contributed by atoms with Crippen molar-refractivity contribution in [3.8, 4) is 0 Å². The Labute approximate surface area is 117 Å². The summed E-state index contributed by atoms with van der Waals surface area (Å²) in [7, 11) is -2.12. The highest BCUT2D eigenvalue weighted by molar-refractivity contribution is 7.89. The van der Waals surface area contributed by atoms with E-state index in [1.165, 1.54) is 25.2 Å². The van der Waals surface area contributed by atoms with E-state index in [1.54, 1.807) is 0 Å². The summed E-state index contributed by atoms with van der Waals surface area (Å²) >= 11 is 0. The molecule has 2 rings (SSSR count). The van der Waals surface area contributed by atoms with Crippen LogP contribution in [0.1, 0.15) is 19.3 Å². The van der Waals surface area contributed by atoms with E-state index >= 15 is 0 Å². The van der Waals surface area contributed by atoms with Crippen LogP contribution in [0.15, 0.2) is 23.1 Å². The SMILES string of the molecule is CNc1cc([N+](=O)[O-])ccc1S(=O)(=O)NCC1CCC1. The van der Waals surface area contributed by atoms with Gasteiger partial charge in [0.1, 0.15) is 4.90 Å². The lowest BCUT2D eigenvalue weighted by molar-refractivity contribution is -0.384. The average molecular weight is 299 g/mol. The quantitative estimate of drug-likeness (QED) is 0.615. The van der Waals surface area contributed by atoms with Crippen LogP contribution in [0.25, 0.3) is 0 Å². The first kappa shape index (κ1) is 14.7. The van der Waals surface area contributed by atoms with Crippen LogP contribution < -0.4 is 10.0 Å². The Hall–Kier alpha value is -1.67. The van der Waals surface area contributed by atoms with E-state index in [0.717, 1.165) is 19.3 Å². The first-order valence-electron chi connectivity index (χ1n) is 6.40. The van der Waals surface area contributed by atoms with Crippen LogP contribution in [-0.4, -0.2) is 26.9 Å². The van der Waals surface area contributed by atoms with E-state index in [9.17, 15) is 18.5 Å². The van der Waals surface area contributed by atoms with Crippen LogP contribution in [0.2, 0.25) is 0 Å². The van der Waals surface area contributed by atoms with Gasteiger partial charge in [0.2, 0.25) is 10.0 Å². The minimum Gasteiger partial charge on any atom is -0.387 e. The molecule has 20 heavy (non-hydrogen) atoms. The number of nitro benzene ring substituents is 1. The Morgan fingerprint density at radius 2 is 2.10 bits per heavy atom. The number of anilines is 1. The lowest BCUT2D eigenvalue weighted by Gasteiger charge is -2.25. The van der Waals surface area contributed by atoms with E-state index in [2.05, 4.69) is 10.0 Å². The molecule has 0 radical (unpaired) electrons. The van der Waals surface area contributed by atoms with Crippen molar-refractivity contribution in [3.05, 3.63) is 28.3 Å². The summed E-state index contributed by atoms with van der Waals surface area (Å²) < 4.78 is 27.0. The third kappa shape index (κ3) is 3.07. The van der Waals surface area contributed by atoms with Crippen LogP contribution in [0.5, 0.6) is 0 Å². The summed E-state index contributed by atoms with van der Waals surface area (Å²) in [5.41, 5.74) is 0.0765. The summed E-state index contributed by atoms with van der Waals surface area (Å²) in [6.45, 7) is 0.419. The Kier molecular flexibility index (Phi) is 4.24. The molecule has 8 heteroatoms. The molecule has 1 saturated carbocycles. The van der Waals surface area contributed by atoms with Crippen molar-refractivity contribution in [2.75, 3.05) is 18.9 Å². The minimum absolute atomic E-state index is 0.0323. The molecule has 110 valence electrons. The average Bonchev–Trinajstić information content (AvgIpc) is 2.35. The molecule has 0 spiro atoms. The van der Waals surface area contributed by atoms with Gasteiger partial charge in [0, 0.05) is 25.7 Å². The van der Waals surface area contributed by atoms with Crippen molar-refractivity contribution in [3.63, 3.8) is 0 Å². The third-order valence-electron chi connectivity index (χ3n) is 3.52. The highest BCUT2D eigenvalue weighted by atomic mass is 32.2. The number of hydrogen-bond acceptors (Lipinski definition) is 5. The van der Waals surface area contributed by atoms with Gasteiger partial charge in [-0.05, 0) is 24.8 Å². The third-order valence-corrected chi connectivity index (χ3v) is 5.00. The monoisotopic (exact) mass is 299 g/mol. The highest BCUT2D eigenvalue weighted by Crippen LogP contribution is 2.28. The maximum Gasteiger partial charge on any atom is 0.271 e. The number of nitro groups is 1. The molecule has 1 aromatic rings. The molecule has 0 amide bonds. The maximum atomic E-state index is 12.2. The number of sulfonamides is 1. The highest BCUT2D eigenvalue weighted by Gasteiger charge is 2.24. The normalized spacial score (nSPS) is 15.7. The second kappa shape index (κ2) is 5.76. The molecular formula is C12H17N3O4S. The zero-order valence-corrected chi connectivity index (χ0v) is 11.9. The first-order chi connectivity index (χ1) is 9.44. The van der Waals surface area contributed by atoms with Gasteiger partial charge in [0.05, 0.1) is 10.6 Å². The van der Waals surface area contributed by atoms with Crippen molar-refractivity contribution in [1.82, 2.24) is 4.72 Å². The van der Waals surface area contributed by atoms with Crippen molar-refractivity contribution < 1.29 is 13.3 Å². The van der Waals surface area contributed by atoms with E-state index in [0.29, 0.717) is 12.5 Å². The molecule has 7 nitrogen and oxygen atoms in total. The first-order valence-corrected chi connectivity index (χ1v) is 7.88. The van der Waals surface area contributed by atoms with Crippen LogP contribution in [0.4, 0.5) is 11.4 Å². The van der Waals surface area contributed by atoms with Crippen molar-refractivity contribution >= 4 is 21.4 Å². The van der Waals surface area contributed by atoms with Crippen molar-refractivity contribution in [1.29, 1.82) is 0 Å². The predicted molar refractivity (Wildman–Crippen MR) is 75.2 cm³/mol. The molecule has 1 fully saturated rings. The van der Waals surface area contributed by atoms with Gasteiger partial charge in [0.15, 0.2) is 0 Å². The number of rotatable bonds is 6. The summed E-state index contributed by atoms with van der Waals surface area (Å²) in [6.07, 6.45) is 3.23. The van der Waals surface area contributed by atoms with Crippen LogP contribution >= 0.6 is 0 Å². The molecule has 1 aliphatic carbocycles. The van der Waals surface area contributed by atoms with E-state index in [-0.39, 0.29) is 16.3 Å². The Morgan fingerprint density at radius 3 is 2.60 bits per heavy atom. The standard InChI is InChI=1S/C12H17N3O4S/c1-13-11-7-10(15(16)17)5-6-12(11)20(18,19)14-8-9-3-2-4-9/h5-7,9,13-14H,2-4,8H2,1H3. The largest absolute Gasteiger partial charge is 0.387 e. The maximum absolute atomic E-state index is 12.2. The van der Waals surface area contributed by atoms with Gasteiger partial charge >= 0.3 is 0 Å². The molecule has 0 atom stereocenters. The van der Waals surface area contributed by atoms with Gasteiger partial charge in [-0.15, -0.1) is 0 Å². The molecule has 2 N–H and O–H groups in total. The molecule has 0 unspecified atom stereocenters. The van der Waals surface area contributed by atoms with Crippen LogP contribution in [-0.2, 0) is 10.0 Å². The molecule has 0 bridgehead atoms. The van der Waals surface area contributed by atoms with E-state index in [1.807, 2.05) is 0 Å². The smallest absolute Gasteiger partial charge is 0.271 e. The number of non-ortho nitro benzene ring substituents is 1. The van der Waals surface area contributed by atoms with Crippen LogP contribution in [0, 0.1) is 16.0 Å². The molecule has 0 aliphatic heterocycles. The van der Waals surface area contributed by atoms with Gasteiger partial charge < -0.3 is 5.32 Å². The van der Waals surface area contributed by atoms with Gasteiger partial charge in [-0.2, -0.15) is 0 Å². The van der Waals surface area contributed by atoms with Gasteiger partial charge in [-0.25, -0.2) is 13.1 Å². The Morgan fingerprint density at radius 1 is 1.40 bits per heavy atom. The number of hydrogen-bond donors (Lipinski definition) is 2. The van der Waals surface area contributed by atoms with E-state index in [4.69, 9.17) is 0 Å². The fraction of sp³-hybridized carbons (Fsp3) is 0.500. The summed E-state index contributed by atoms with van der Waals surface area (Å²) in [4.78, 5) is 10.2. The Bertz CT molecular complexity index is 611. The fourth-order valence-electron chi connectivity index (χ4n) is 2.06. The molecule has 0 saturated heterocycles. The predicted octanol–water partition coefficient (Wildman–Crippen LogP) is 1.71. The zero-order valence-electron chi connectivity index (χ0n) is 11.1. The van der Waals surface area contributed by atoms with Gasteiger partial charge in [-0.3, -0.25) is 10.1 Å². The Balaban J connectivity index is 2.23. The van der Waals surface area contributed by atoms with Crippen molar-refractivity contribution in [2.45, 2.75) is 24.2 Å². The summed E-state index contributed by atoms with van der Waals surface area (Å²) in [5, 5.41) is 13.4. The van der Waals surface area contributed by atoms with E-state index < -0.39 is 14.9 Å². The second-order valence-corrected chi connectivity index (χ2v) is 6.57. The van der Waals surface area contributed by atoms with Crippen LogP contribution in [0.3, 0.4) is 0 Å². The van der Waals surface area contributed by atoms with Gasteiger partial charge in [0.25, 0.3) is 5.69 Å². The number of nitrogens with one attached hydrogen (secondary N) is 2. The molecule has 0 heterocycles. The van der Waals surface area contributed by atoms with Crippen molar-refractivity contribution in [2.24, 2.45) is 5.92 Å². The molecule has 1 aliphatic rings. The summed E-state index contributed by atoms with van der Waals surface area (Å²) in [5.74, 6) is 0.404. The lowest BCUT2D eigenvalue weighted by Crippen LogP contribution is -2.32. The second-order valence-electron chi connectivity index (χ2n) is 4.84. The topological polar surface area (TPSA) is 101 Å². The number of nitrogens with zero attached hydrogens (tertiary/aromatic N) is 1. The van der Waals surface area contributed by atoms with Gasteiger partial charge in [-0.1, -0.05) is 6.42 Å². The zero-order chi connectivity index (χ0) is 14.8. The summed E-state index contributed by atoms with van der Waals surface area (Å²) in [6, 6.07) is 3.67. The number of benzene rings is 1. The molecule has 1 aromatic carbocycles. The molecular weight excluding hydrogens is 282 g/mol. The lowest BCUT2D eigenvalue weighted by atomic mass is 9.86. The minimum atomic E-state index is -3.65. The molecule has 0 aromatic heterocycles. The fourth-order valence-corrected chi connectivity index (χ4v) is 3.37.